The van der Waals surface area contributed by atoms with E-state index in [9.17, 15) is 14.9 Å². The van der Waals surface area contributed by atoms with Crippen molar-refractivity contribution in [2.24, 2.45) is 0 Å². The molecule has 1 saturated carbocycles. The Hall–Kier alpha value is -2.47. The van der Waals surface area contributed by atoms with Gasteiger partial charge in [0.15, 0.2) is 0 Å². The Balaban J connectivity index is 1.84. The number of carbonyl (C=O) groups excluding carboxylic acids is 1. The quantitative estimate of drug-likeness (QED) is 0.666. The molecule has 0 saturated heterocycles. The van der Waals surface area contributed by atoms with Gasteiger partial charge >= 0.3 is 0 Å². The molecule has 1 aromatic heterocycles. The van der Waals surface area contributed by atoms with Gasteiger partial charge in [-0.1, -0.05) is 11.6 Å². The van der Waals surface area contributed by atoms with E-state index < -0.39 is 5.41 Å². The second-order valence-electron chi connectivity index (χ2n) is 6.43. The van der Waals surface area contributed by atoms with Crippen molar-refractivity contribution in [2.75, 3.05) is 5.32 Å². The van der Waals surface area contributed by atoms with E-state index in [0.717, 1.165) is 11.3 Å². The van der Waals surface area contributed by atoms with Crippen LogP contribution in [0.4, 0.5) is 11.4 Å². The largest absolute Gasteiger partial charge is 0.325 e. The monoisotopic (exact) mass is 343 g/mol. The number of halogens is 1. The SMILES string of the molecule is Cc1cnc(C2CC23C(=O)Nc2ccc(Cl)cc23)c(C)c1[N+](=O)[O-]. The van der Waals surface area contributed by atoms with Gasteiger partial charge in [0, 0.05) is 34.0 Å². The summed E-state index contributed by atoms with van der Waals surface area (Å²) in [5.74, 6) is -0.259. The average molecular weight is 344 g/mol. The van der Waals surface area contributed by atoms with E-state index >= 15 is 0 Å². The number of nitro groups is 1. The Morgan fingerprint density at radius 1 is 1.42 bits per heavy atom. The second kappa shape index (κ2) is 4.77. The summed E-state index contributed by atoms with van der Waals surface area (Å²) in [6.45, 7) is 3.37. The first-order valence-electron chi connectivity index (χ1n) is 7.58. The summed E-state index contributed by atoms with van der Waals surface area (Å²) in [6, 6.07) is 5.32. The highest BCUT2D eigenvalue weighted by molar-refractivity contribution is 6.31. The number of fused-ring (bicyclic) bond motifs is 2. The summed E-state index contributed by atoms with van der Waals surface area (Å²) >= 11 is 6.09. The number of carbonyl (C=O) groups is 1. The highest BCUT2D eigenvalue weighted by Crippen LogP contribution is 2.65. The molecule has 1 aromatic carbocycles. The molecule has 2 atom stereocenters. The Morgan fingerprint density at radius 3 is 2.88 bits per heavy atom. The van der Waals surface area contributed by atoms with Gasteiger partial charge in [-0.25, -0.2) is 0 Å². The molecule has 122 valence electrons. The molecule has 1 N–H and O–H groups in total. The maximum absolute atomic E-state index is 12.6. The number of hydrogen-bond acceptors (Lipinski definition) is 4. The van der Waals surface area contributed by atoms with Crippen LogP contribution in [0.1, 0.15) is 34.7 Å². The van der Waals surface area contributed by atoms with Crippen molar-refractivity contribution in [1.29, 1.82) is 0 Å². The van der Waals surface area contributed by atoms with Gasteiger partial charge < -0.3 is 5.32 Å². The van der Waals surface area contributed by atoms with Crippen LogP contribution in [0.15, 0.2) is 24.4 Å². The molecule has 24 heavy (non-hydrogen) atoms. The fourth-order valence-corrected chi connectivity index (χ4v) is 4.04. The number of pyridine rings is 1. The predicted octanol–water partition coefficient (Wildman–Crippen LogP) is 3.64. The smallest absolute Gasteiger partial charge is 0.278 e. The molecule has 2 unspecified atom stereocenters. The lowest BCUT2D eigenvalue weighted by atomic mass is 9.92. The van der Waals surface area contributed by atoms with Gasteiger partial charge in [-0.15, -0.1) is 0 Å². The molecule has 6 nitrogen and oxygen atoms in total. The summed E-state index contributed by atoms with van der Waals surface area (Å²) in [4.78, 5) is 28.0. The van der Waals surface area contributed by atoms with Crippen molar-refractivity contribution in [3.05, 3.63) is 61.9 Å². The minimum atomic E-state index is -0.707. The van der Waals surface area contributed by atoms with Crippen LogP contribution in [-0.4, -0.2) is 15.8 Å². The van der Waals surface area contributed by atoms with Gasteiger partial charge in [-0.2, -0.15) is 0 Å². The van der Waals surface area contributed by atoms with Crippen LogP contribution in [0.3, 0.4) is 0 Å². The Bertz CT molecular complexity index is 928. The lowest BCUT2D eigenvalue weighted by Gasteiger charge is -2.11. The van der Waals surface area contributed by atoms with E-state index in [1.807, 2.05) is 0 Å². The number of aryl methyl sites for hydroxylation is 1. The molecule has 0 radical (unpaired) electrons. The average Bonchev–Trinajstić information content (AvgIpc) is 3.18. The van der Waals surface area contributed by atoms with Crippen molar-refractivity contribution in [3.8, 4) is 0 Å². The van der Waals surface area contributed by atoms with Gasteiger partial charge in [0.2, 0.25) is 5.91 Å². The molecule has 1 spiro atoms. The Labute approximate surface area is 143 Å². The summed E-state index contributed by atoms with van der Waals surface area (Å²) in [5, 5.41) is 14.8. The molecular formula is C17H14ClN3O3. The van der Waals surface area contributed by atoms with E-state index in [0.29, 0.717) is 28.3 Å². The predicted molar refractivity (Wildman–Crippen MR) is 89.5 cm³/mol. The lowest BCUT2D eigenvalue weighted by molar-refractivity contribution is -0.386. The molecule has 2 heterocycles. The zero-order valence-corrected chi connectivity index (χ0v) is 13.8. The van der Waals surface area contributed by atoms with Gasteiger partial charge in [-0.05, 0) is 44.0 Å². The van der Waals surface area contributed by atoms with Crippen LogP contribution in [0, 0.1) is 24.0 Å². The number of rotatable bonds is 2. The van der Waals surface area contributed by atoms with E-state index in [1.165, 1.54) is 6.20 Å². The summed E-state index contributed by atoms with van der Waals surface area (Å²) in [5.41, 5.74) is 2.66. The van der Waals surface area contributed by atoms with Crippen LogP contribution < -0.4 is 5.32 Å². The number of nitrogens with one attached hydrogen (secondary N) is 1. The third-order valence-corrected chi connectivity index (χ3v) is 5.33. The molecule has 7 heteroatoms. The third kappa shape index (κ3) is 1.83. The summed E-state index contributed by atoms with van der Waals surface area (Å²) in [7, 11) is 0. The van der Waals surface area contributed by atoms with Gasteiger partial charge in [-0.3, -0.25) is 19.9 Å². The summed E-state index contributed by atoms with van der Waals surface area (Å²) in [6.07, 6.45) is 2.10. The summed E-state index contributed by atoms with van der Waals surface area (Å²) < 4.78 is 0. The molecule has 4 rings (SSSR count). The van der Waals surface area contributed by atoms with Crippen molar-refractivity contribution >= 4 is 28.9 Å². The zero-order valence-electron chi connectivity index (χ0n) is 13.1. The molecule has 1 fully saturated rings. The lowest BCUT2D eigenvalue weighted by Crippen LogP contribution is -2.21. The van der Waals surface area contributed by atoms with Gasteiger partial charge in [0.1, 0.15) is 0 Å². The highest BCUT2D eigenvalue weighted by Gasteiger charge is 2.66. The number of aromatic nitrogens is 1. The molecule has 1 amide bonds. The maximum atomic E-state index is 12.6. The number of amides is 1. The van der Waals surface area contributed by atoms with E-state index in [4.69, 9.17) is 11.6 Å². The maximum Gasteiger partial charge on any atom is 0.278 e. The minimum absolute atomic E-state index is 0.0757. The van der Waals surface area contributed by atoms with E-state index in [1.54, 1.807) is 32.0 Å². The van der Waals surface area contributed by atoms with Crippen molar-refractivity contribution in [3.63, 3.8) is 0 Å². The van der Waals surface area contributed by atoms with Gasteiger partial charge in [0.05, 0.1) is 16.0 Å². The molecule has 1 aliphatic carbocycles. The fourth-order valence-electron chi connectivity index (χ4n) is 3.87. The molecule has 1 aliphatic heterocycles. The van der Waals surface area contributed by atoms with Crippen LogP contribution in [0.2, 0.25) is 5.02 Å². The fraction of sp³-hybridized carbons (Fsp3) is 0.294. The van der Waals surface area contributed by atoms with E-state index in [-0.39, 0.29) is 22.4 Å². The zero-order chi connectivity index (χ0) is 17.2. The van der Waals surface area contributed by atoms with Crippen LogP contribution in [-0.2, 0) is 10.2 Å². The first kappa shape index (κ1) is 15.1. The second-order valence-corrected chi connectivity index (χ2v) is 6.87. The van der Waals surface area contributed by atoms with Gasteiger partial charge in [0.25, 0.3) is 5.69 Å². The third-order valence-electron chi connectivity index (χ3n) is 5.10. The normalized spacial score (nSPS) is 24.0. The standard InChI is InChI=1S/C17H14ClN3O3/c1-8-7-19-14(9(2)15(8)21(23)24)12-6-17(12)11-5-10(18)3-4-13(11)20-16(17)22/h3-5,7,12H,6H2,1-2H3,(H,20,22). The van der Waals surface area contributed by atoms with Crippen LogP contribution in [0.25, 0.3) is 0 Å². The molecule has 0 bridgehead atoms. The van der Waals surface area contributed by atoms with Crippen molar-refractivity contribution in [1.82, 2.24) is 4.98 Å². The number of nitrogens with zero attached hydrogens (tertiary/aromatic N) is 2. The number of hydrogen-bond donors (Lipinski definition) is 1. The Morgan fingerprint density at radius 2 is 2.17 bits per heavy atom. The van der Waals surface area contributed by atoms with Crippen LogP contribution in [0.5, 0.6) is 0 Å². The minimum Gasteiger partial charge on any atom is -0.325 e. The number of benzene rings is 1. The van der Waals surface area contributed by atoms with Crippen LogP contribution >= 0.6 is 11.6 Å². The first-order chi connectivity index (χ1) is 11.4. The van der Waals surface area contributed by atoms with E-state index in [2.05, 4.69) is 10.3 Å². The van der Waals surface area contributed by atoms with Crippen molar-refractivity contribution < 1.29 is 9.72 Å². The molecule has 2 aliphatic rings. The Kier molecular flexibility index (Phi) is 3.00. The van der Waals surface area contributed by atoms with Crippen molar-refractivity contribution in [2.45, 2.75) is 31.6 Å². The highest BCUT2D eigenvalue weighted by atomic mass is 35.5. The molecule has 2 aromatic rings. The first-order valence-corrected chi connectivity index (χ1v) is 7.96. The topological polar surface area (TPSA) is 85.1 Å². The molecular weight excluding hydrogens is 330 g/mol. The number of anilines is 1.